The van der Waals surface area contributed by atoms with Gasteiger partial charge in [-0.1, -0.05) is 0 Å². The highest BCUT2D eigenvalue weighted by molar-refractivity contribution is 9.10. The molecule has 1 aromatic rings. The lowest BCUT2D eigenvalue weighted by molar-refractivity contribution is 0.208. The molecule has 1 atom stereocenters. The molecule has 1 aliphatic rings. The molecule has 0 aliphatic carbocycles. The summed E-state index contributed by atoms with van der Waals surface area (Å²) in [4.78, 5) is 6.84. The monoisotopic (exact) mass is 311 g/mol. The van der Waals surface area contributed by atoms with Gasteiger partial charge in [0, 0.05) is 6.04 Å². The fraction of sp³-hybridized carbons (Fsp3) is 0.643. The smallest absolute Gasteiger partial charge is 0.106 e. The Balaban J connectivity index is 1.96. The molecule has 4 heteroatoms. The minimum atomic E-state index is 0.514. The fourth-order valence-corrected chi connectivity index (χ4v) is 2.97. The van der Waals surface area contributed by atoms with Crippen LogP contribution in [0.15, 0.2) is 16.7 Å². The maximum absolute atomic E-state index is 4.43. The topological polar surface area (TPSA) is 28.2 Å². The van der Waals surface area contributed by atoms with Gasteiger partial charge < -0.3 is 10.2 Å². The van der Waals surface area contributed by atoms with Gasteiger partial charge in [-0.2, -0.15) is 0 Å². The van der Waals surface area contributed by atoms with E-state index in [2.05, 4.69) is 58.1 Å². The molecule has 0 radical (unpaired) electrons. The van der Waals surface area contributed by atoms with Gasteiger partial charge in [0.25, 0.3) is 0 Å². The normalized spacial score (nSPS) is 19.8. The van der Waals surface area contributed by atoms with Crippen molar-refractivity contribution in [2.75, 3.05) is 25.5 Å². The van der Waals surface area contributed by atoms with Crippen LogP contribution in [0.3, 0.4) is 0 Å². The van der Waals surface area contributed by atoms with Crippen molar-refractivity contribution >= 4 is 21.6 Å². The standard InChI is InChI=1S/C14H22BrN3/c1-10(12-6-8-18(3)9-7-12)16-13-4-5-14(15)17-11(13)2/h4-5,10,12,16H,6-9H2,1-3H3. The zero-order chi connectivity index (χ0) is 13.1. The van der Waals surface area contributed by atoms with Crippen LogP contribution >= 0.6 is 15.9 Å². The van der Waals surface area contributed by atoms with Crippen molar-refractivity contribution in [2.45, 2.75) is 32.7 Å². The second kappa shape index (κ2) is 6.02. The highest BCUT2D eigenvalue weighted by Crippen LogP contribution is 2.24. The summed E-state index contributed by atoms with van der Waals surface area (Å²) in [6.07, 6.45) is 2.57. The predicted molar refractivity (Wildman–Crippen MR) is 80.0 cm³/mol. The Morgan fingerprint density at radius 3 is 2.67 bits per heavy atom. The van der Waals surface area contributed by atoms with Gasteiger partial charge >= 0.3 is 0 Å². The Morgan fingerprint density at radius 1 is 1.39 bits per heavy atom. The van der Waals surface area contributed by atoms with E-state index in [4.69, 9.17) is 0 Å². The van der Waals surface area contributed by atoms with E-state index in [1.807, 2.05) is 6.07 Å². The molecule has 1 aromatic heterocycles. The van der Waals surface area contributed by atoms with Gasteiger partial charge in [0.1, 0.15) is 4.60 Å². The van der Waals surface area contributed by atoms with Crippen molar-refractivity contribution in [1.29, 1.82) is 0 Å². The second-order valence-electron chi connectivity index (χ2n) is 5.34. The third-order valence-electron chi connectivity index (χ3n) is 3.91. The summed E-state index contributed by atoms with van der Waals surface area (Å²) in [5.41, 5.74) is 2.22. The summed E-state index contributed by atoms with van der Waals surface area (Å²) in [6.45, 7) is 6.77. The van der Waals surface area contributed by atoms with Crippen LogP contribution in [-0.4, -0.2) is 36.1 Å². The molecule has 0 aromatic carbocycles. The van der Waals surface area contributed by atoms with Gasteiger partial charge in [-0.05, 0) is 80.8 Å². The number of hydrogen-bond acceptors (Lipinski definition) is 3. The molecule has 1 aliphatic heterocycles. The lowest BCUT2D eigenvalue weighted by Gasteiger charge is -2.33. The number of rotatable bonds is 3. The van der Waals surface area contributed by atoms with Crippen molar-refractivity contribution in [2.24, 2.45) is 5.92 Å². The first-order valence-corrected chi connectivity index (χ1v) is 7.44. The molecule has 1 fully saturated rings. The van der Waals surface area contributed by atoms with Crippen LogP contribution in [0.4, 0.5) is 5.69 Å². The van der Waals surface area contributed by atoms with Gasteiger partial charge in [0.2, 0.25) is 0 Å². The highest BCUT2D eigenvalue weighted by Gasteiger charge is 2.22. The van der Waals surface area contributed by atoms with E-state index in [1.54, 1.807) is 0 Å². The van der Waals surface area contributed by atoms with E-state index in [1.165, 1.54) is 25.9 Å². The van der Waals surface area contributed by atoms with Crippen LogP contribution in [0.2, 0.25) is 0 Å². The van der Waals surface area contributed by atoms with E-state index in [0.29, 0.717) is 6.04 Å². The van der Waals surface area contributed by atoms with E-state index in [9.17, 15) is 0 Å². The lowest BCUT2D eigenvalue weighted by Crippen LogP contribution is -2.37. The maximum atomic E-state index is 4.43. The highest BCUT2D eigenvalue weighted by atomic mass is 79.9. The molecule has 0 bridgehead atoms. The quantitative estimate of drug-likeness (QED) is 0.868. The van der Waals surface area contributed by atoms with Crippen LogP contribution in [-0.2, 0) is 0 Å². The first-order chi connectivity index (χ1) is 8.56. The Bertz CT molecular complexity index is 400. The third-order valence-corrected chi connectivity index (χ3v) is 4.35. The molecular formula is C14H22BrN3. The molecule has 3 nitrogen and oxygen atoms in total. The molecule has 2 heterocycles. The SMILES string of the molecule is Cc1nc(Br)ccc1NC(C)C1CCN(C)CC1. The molecule has 1 unspecified atom stereocenters. The summed E-state index contributed by atoms with van der Waals surface area (Å²) in [6, 6.07) is 4.62. The molecular weight excluding hydrogens is 290 g/mol. The second-order valence-corrected chi connectivity index (χ2v) is 6.15. The van der Waals surface area contributed by atoms with Crippen molar-refractivity contribution in [1.82, 2.24) is 9.88 Å². The van der Waals surface area contributed by atoms with E-state index < -0.39 is 0 Å². The molecule has 0 spiro atoms. The van der Waals surface area contributed by atoms with E-state index in [-0.39, 0.29) is 0 Å². The van der Waals surface area contributed by atoms with Crippen LogP contribution in [0.25, 0.3) is 0 Å². The van der Waals surface area contributed by atoms with Crippen LogP contribution < -0.4 is 5.32 Å². The van der Waals surface area contributed by atoms with Gasteiger partial charge in [0.15, 0.2) is 0 Å². The van der Waals surface area contributed by atoms with Crippen LogP contribution in [0.5, 0.6) is 0 Å². The molecule has 0 amide bonds. The van der Waals surface area contributed by atoms with Gasteiger partial charge in [-0.25, -0.2) is 4.98 Å². The Labute approximate surface area is 118 Å². The average molecular weight is 312 g/mol. The predicted octanol–water partition coefficient (Wildman–Crippen LogP) is 3.29. The third kappa shape index (κ3) is 3.45. The van der Waals surface area contributed by atoms with Crippen molar-refractivity contribution in [3.05, 3.63) is 22.4 Å². The summed E-state index contributed by atoms with van der Waals surface area (Å²) < 4.78 is 0.900. The minimum Gasteiger partial charge on any atom is -0.381 e. The Morgan fingerprint density at radius 2 is 2.06 bits per heavy atom. The lowest BCUT2D eigenvalue weighted by atomic mass is 9.90. The first-order valence-electron chi connectivity index (χ1n) is 6.64. The zero-order valence-corrected chi connectivity index (χ0v) is 13.0. The van der Waals surface area contributed by atoms with Crippen molar-refractivity contribution < 1.29 is 0 Å². The first kappa shape index (κ1) is 13.8. The van der Waals surface area contributed by atoms with Gasteiger partial charge in [-0.3, -0.25) is 0 Å². The number of pyridine rings is 1. The average Bonchev–Trinajstić information content (AvgIpc) is 2.33. The van der Waals surface area contributed by atoms with E-state index >= 15 is 0 Å². The van der Waals surface area contributed by atoms with Crippen LogP contribution in [0.1, 0.15) is 25.5 Å². The molecule has 0 saturated carbocycles. The number of likely N-dealkylation sites (tertiary alicyclic amines) is 1. The summed E-state index contributed by atoms with van der Waals surface area (Å²) in [7, 11) is 2.21. The largest absolute Gasteiger partial charge is 0.381 e. The zero-order valence-electron chi connectivity index (χ0n) is 11.4. The summed E-state index contributed by atoms with van der Waals surface area (Å²) in [5, 5.41) is 3.62. The Kier molecular flexibility index (Phi) is 4.62. The molecule has 1 saturated heterocycles. The van der Waals surface area contributed by atoms with Gasteiger partial charge in [0.05, 0.1) is 11.4 Å². The summed E-state index contributed by atoms with van der Waals surface area (Å²) in [5.74, 6) is 0.768. The summed E-state index contributed by atoms with van der Waals surface area (Å²) >= 11 is 3.40. The van der Waals surface area contributed by atoms with Crippen molar-refractivity contribution in [3.8, 4) is 0 Å². The number of nitrogens with zero attached hydrogens (tertiary/aromatic N) is 2. The molecule has 100 valence electrons. The fourth-order valence-electron chi connectivity index (χ4n) is 2.57. The van der Waals surface area contributed by atoms with Gasteiger partial charge in [-0.15, -0.1) is 0 Å². The number of aryl methyl sites for hydroxylation is 1. The van der Waals surface area contributed by atoms with E-state index in [0.717, 1.165) is 21.9 Å². The number of nitrogens with one attached hydrogen (secondary N) is 1. The molecule has 1 N–H and O–H groups in total. The number of hydrogen-bond donors (Lipinski definition) is 1. The van der Waals surface area contributed by atoms with Crippen LogP contribution in [0, 0.1) is 12.8 Å². The number of piperidine rings is 1. The number of aromatic nitrogens is 1. The minimum absolute atomic E-state index is 0.514. The maximum Gasteiger partial charge on any atom is 0.106 e. The van der Waals surface area contributed by atoms with Crippen molar-refractivity contribution in [3.63, 3.8) is 0 Å². The molecule has 18 heavy (non-hydrogen) atoms. The molecule has 2 rings (SSSR count). The number of halogens is 1. The number of anilines is 1. The Hall–Kier alpha value is -0.610.